The number of fused-ring (bicyclic) bond motifs is 1. The highest BCUT2D eigenvalue weighted by molar-refractivity contribution is 5.94. The lowest BCUT2D eigenvalue weighted by Gasteiger charge is -2.32. The Bertz CT molecular complexity index is 1210. The van der Waals surface area contributed by atoms with Crippen LogP contribution in [0.1, 0.15) is 45.7 Å². The van der Waals surface area contributed by atoms with E-state index in [1.54, 1.807) is 24.5 Å². The van der Waals surface area contributed by atoms with Crippen molar-refractivity contribution in [3.8, 4) is 5.75 Å². The molecule has 196 valence electrons. The highest BCUT2D eigenvalue weighted by atomic mass is 16.5. The first-order valence-corrected chi connectivity index (χ1v) is 12.7. The van der Waals surface area contributed by atoms with Crippen molar-refractivity contribution in [3.05, 3.63) is 71.1 Å². The van der Waals surface area contributed by atoms with E-state index in [1.807, 2.05) is 6.07 Å². The maximum atomic E-state index is 12.6. The van der Waals surface area contributed by atoms with Gasteiger partial charge in [-0.25, -0.2) is 9.97 Å². The van der Waals surface area contributed by atoms with Crippen LogP contribution in [0, 0.1) is 6.92 Å². The van der Waals surface area contributed by atoms with Crippen LogP contribution in [-0.2, 0) is 19.6 Å². The van der Waals surface area contributed by atoms with Gasteiger partial charge >= 0.3 is 0 Å². The first-order valence-electron chi connectivity index (χ1n) is 12.7. The molecule has 10 heteroatoms. The molecule has 10 nitrogen and oxygen atoms in total. The highest BCUT2D eigenvalue weighted by Crippen LogP contribution is 2.30. The topological polar surface area (TPSA) is 133 Å². The number of aliphatic hydroxyl groups excluding tert-OH is 2. The van der Waals surface area contributed by atoms with Crippen molar-refractivity contribution in [1.29, 1.82) is 0 Å². The maximum Gasteiger partial charge on any atom is 0.251 e. The molecule has 3 aromatic rings. The molecule has 5 rings (SSSR count). The molecule has 1 atom stereocenters. The third-order valence-electron chi connectivity index (χ3n) is 7.03. The van der Waals surface area contributed by atoms with Crippen molar-refractivity contribution < 1.29 is 24.2 Å². The molecule has 4 N–H and O–H groups in total. The van der Waals surface area contributed by atoms with E-state index < -0.39 is 6.10 Å². The van der Waals surface area contributed by atoms with Gasteiger partial charge in [-0.15, -0.1) is 0 Å². The van der Waals surface area contributed by atoms with Crippen LogP contribution in [0.4, 0.5) is 5.82 Å². The second-order valence-corrected chi connectivity index (χ2v) is 9.83. The highest BCUT2D eigenvalue weighted by Gasteiger charge is 2.27. The predicted molar refractivity (Wildman–Crippen MR) is 136 cm³/mol. The van der Waals surface area contributed by atoms with Gasteiger partial charge in [0.2, 0.25) is 0 Å². The van der Waals surface area contributed by atoms with Crippen LogP contribution in [0.15, 0.2) is 47.5 Å². The van der Waals surface area contributed by atoms with Crippen molar-refractivity contribution in [2.24, 2.45) is 0 Å². The summed E-state index contributed by atoms with van der Waals surface area (Å²) in [5.74, 6) is 1.88. The van der Waals surface area contributed by atoms with Gasteiger partial charge in [0.15, 0.2) is 12.2 Å². The molecule has 0 spiro atoms. The van der Waals surface area contributed by atoms with Gasteiger partial charge in [0.25, 0.3) is 5.91 Å². The average molecular weight is 508 g/mol. The Labute approximate surface area is 215 Å². The minimum absolute atomic E-state index is 0.162. The SMILES string of the molecule is Cc1c(OCc2cnco2)ccc2c1CCN(C[C@@H](O)CNC(=O)c1ccnc(NC3CC(O)C3)c1)C2. The third-order valence-corrected chi connectivity index (χ3v) is 7.03. The Morgan fingerprint density at radius 2 is 2.19 bits per heavy atom. The molecule has 1 saturated carbocycles. The molecule has 0 saturated heterocycles. The molecule has 37 heavy (non-hydrogen) atoms. The lowest BCUT2D eigenvalue weighted by atomic mass is 9.89. The summed E-state index contributed by atoms with van der Waals surface area (Å²) in [7, 11) is 0. The van der Waals surface area contributed by atoms with Crippen LogP contribution in [0.2, 0.25) is 0 Å². The fraction of sp³-hybridized carbons (Fsp3) is 0.444. The summed E-state index contributed by atoms with van der Waals surface area (Å²) in [4.78, 5) is 23.0. The van der Waals surface area contributed by atoms with Gasteiger partial charge in [-0.3, -0.25) is 9.69 Å². The molecule has 0 radical (unpaired) electrons. The quantitative estimate of drug-likeness (QED) is 0.325. The zero-order chi connectivity index (χ0) is 25.8. The fourth-order valence-corrected chi connectivity index (χ4v) is 4.89. The maximum absolute atomic E-state index is 12.6. The van der Waals surface area contributed by atoms with E-state index in [-0.39, 0.29) is 24.6 Å². The van der Waals surface area contributed by atoms with Crippen molar-refractivity contribution in [1.82, 2.24) is 20.2 Å². The average Bonchev–Trinajstić information content (AvgIpc) is 3.40. The smallest absolute Gasteiger partial charge is 0.251 e. The van der Waals surface area contributed by atoms with Gasteiger partial charge in [-0.2, -0.15) is 0 Å². The lowest BCUT2D eigenvalue weighted by molar-refractivity contribution is 0.0831. The molecule has 1 fully saturated rings. The van der Waals surface area contributed by atoms with E-state index in [4.69, 9.17) is 9.15 Å². The van der Waals surface area contributed by atoms with Gasteiger partial charge < -0.3 is 30.0 Å². The first-order chi connectivity index (χ1) is 17.9. The Hall–Kier alpha value is -3.47. The summed E-state index contributed by atoms with van der Waals surface area (Å²) in [6.07, 6.45) is 5.91. The normalized spacial score (nSPS) is 20.0. The second-order valence-electron chi connectivity index (χ2n) is 9.83. The number of nitrogens with zero attached hydrogens (tertiary/aromatic N) is 3. The predicted octanol–water partition coefficient (Wildman–Crippen LogP) is 2.04. The fourth-order valence-electron chi connectivity index (χ4n) is 4.89. The van der Waals surface area contributed by atoms with Crippen molar-refractivity contribution in [3.63, 3.8) is 0 Å². The summed E-state index contributed by atoms with van der Waals surface area (Å²) in [5, 5.41) is 26.1. The molecule has 2 aliphatic rings. The van der Waals surface area contributed by atoms with Crippen LogP contribution in [-0.4, -0.2) is 68.9 Å². The molecule has 0 bridgehead atoms. The monoisotopic (exact) mass is 507 g/mol. The molecule has 1 aliphatic carbocycles. The molecule has 1 aromatic carbocycles. The van der Waals surface area contributed by atoms with Crippen LogP contribution < -0.4 is 15.4 Å². The Morgan fingerprint density at radius 1 is 1.32 bits per heavy atom. The minimum Gasteiger partial charge on any atom is -0.485 e. The summed E-state index contributed by atoms with van der Waals surface area (Å²) >= 11 is 0. The second kappa shape index (κ2) is 11.3. The molecular formula is C27H33N5O5. The van der Waals surface area contributed by atoms with Crippen LogP contribution in [0.3, 0.4) is 0 Å². The van der Waals surface area contributed by atoms with Crippen LogP contribution in [0.5, 0.6) is 5.75 Å². The Kier molecular flexibility index (Phi) is 7.68. The van der Waals surface area contributed by atoms with Crippen LogP contribution in [0.25, 0.3) is 0 Å². The van der Waals surface area contributed by atoms with E-state index in [9.17, 15) is 15.0 Å². The third kappa shape index (κ3) is 6.27. The molecule has 3 heterocycles. The summed E-state index contributed by atoms with van der Waals surface area (Å²) < 4.78 is 11.2. The zero-order valence-corrected chi connectivity index (χ0v) is 20.9. The van der Waals surface area contributed by atoms with Crippen LogP contribution >= 0.6 is 0 Å². The number of hydrogen-bond donors (Lipinski definition) is 4. The lowest BCUT2D eigenvalue weighted by Crippen LogP contribution is -2.42. The van der Waals surface area contributed by atoms with Gasteiger partial charge in [0, 0.05) is 44.0 Å². The number of benzene rings is 1. The van der Waals surface area contributed by atoms with Crippen molar-refractivity contribution in [2.75, 3.05) is 25.0 Å². The van der Waals surface area contributed by atoms with Crippen molar-refractivity contribution in [2.45, 2.75) is 57.6 Å². The van der Waals surface area contributed by atoms with Crippen molar-refractivity contribution >= 4 is 11.7 Å². The number of carbonyl (C=O) groups excluding carboxylic acids is 1. The largest absolute Gasteiger partial charge is 0.485 e. The van der Waals surface area contributed by atoms with Gasteiger partial charge in [0.05, 0.1) is 18.4 Å². The number of pyridine rings is 1. The zero-order valence-electron chi connectivity index (χ0n) is 20.9. The minimum atomic E-state index is -0.688. The number of rotatable bonds is 10. The van der Waals surface area contributed by atoms with E-state index in [1.165, 1.54) is 17.5 Å². The molecule has 0 unspecified atom stereocenters. The molecule has 1 amide bonds. The number of amides is 1. The summed E-state index contributed by atoms with van der Waals surface area (Å²) in [5.41, 5.74) is 4.12. The van der Waals surface area contributed by atoms with E-state index in [2.05, 4.69) is 38.5 Å². The number of ether oxygens (including phenoxy) is 1. The van der Waals surface area contributed by atoms with E-state index in [0.717, 1.165) is 30.8 Å². The molecular weight excluding hydrogens is 474 g/mol. The number of nitrogens with one attached hydrogen (secondary N) is 2. The molecule has 2 aromatic heterocycles. The van der Waals surface area contributed by atoms with E-state index >= 15 is 0 Å². The number of anilines is 1. The number of aromatic nitrogens is 2. The summed E-state index contributed by atoms with van der Waals surface area (Å²) in [6.45, 7) is 4.60. The van der Waals surface area contributed by atoms with E-state index in [0.29, 0.717) is 43.1 Å². The first kappa shape index (κ1) is 25.2. The van der Waals surface area contributed by atoms with Gasteiger partial charge in [0.1, 0.15) is 18.2 Å². The summed E-state index contributed by atoms with van der Waals surface area (Å²) in [6, 6.07) is 7.59. The number of β-amino-alcohol motifs (C(OH)–C–C–N with tert-alkyl or cyclic N) is 1. The number of carbonyl (C=O) groups is 1. The Morgan fingerprint density at radius 3 is 2.97 bits per heavy atom. The van der Waals surface area contributed by atoms with Gasteiger partial charge in [-0.1, -0.05) is 6.07 Å². The number of aliphatic hydroxyl groups is 2. The molecule has 1 aliphatic heterocycles. The Balaban J connectivity index is 1.09. The number of hydrogen-bond acceptors (Lipinski definition) is 9. The number of oxazole rings is 1. The van der Waals surface area contributed by atoms with Gasteiger partial charge in [-0.05, 0) is 61.1 Å². The standard InChI is InChI=1S/C27H33N5O5/c1-17-24-5-7-32(13-19(24)2-3-25(17)36-15-23-12-28-16-37-23)14-22(34)11-30-27(35)18-4-6-29-26(8-18)31-20-9-21(33)10-20/h2-4,6,8,12,16,20-22,33-34H,5,7,9-11,13-15H2,1H3,(H,29,31)(H,30,35)/t20?,21?,22-/m0/s1.